The average molecular weight is 354 g/mol. The summed E-state index contributed by atoms with van der Waals surface area (Å²) in [5.74, 6) is 0.0216. The van der Waals surface area contributed by atoms with Gasteiger partial charge in [-0.1, -0.05) is 6.07 Å². The first-order chi connectivity index (χ1) is 8.79. The van der Waals surface area contributed by atoms with Crippen LogP contribution in [-0.2, 0) is 11.2 Å². The molecule has 0 aromatic carbocycles. The van der Waals surface area contributed by atoms with E-state index in [-0.39, 0.29) is 30.7 Å². The largest absolute Gasteiger partial charge is 0.354 e. The number of hydrogen-bond donors (Lipinski definition) is 2. The molecule has 0 radical (unpaired) electrons. The smallest absolute Gasteiger partial charge is 0.226 e. The van der Waals surface area contributed by atoms with E-state index >= 15 is 0 Å². The molecule has 0 unspecified atom stereocenters. The van der Waals surface area contributed by atoms with E-state index in [1.165, 1.54) is 0 Å². The van der Waals surface area contributed by atoms with E-state index in [1.807, 2.05) is 29.9 Å². The van der Waals surface area contributed by atoms with Gasteiger partial charge in [-0.05, 0) is 18.5 Å². The summed E-state index contributed by atoms with van der Waals surface area (Å²) in [7, 11) is 1.86. The zero-order valence-electron chi connectivity index (χ0n) is 10.9. The van der Waals surface area contributed by atoms with Crippen LogP contribution in [0.5, 0.6) is 0 Å². The molecule has 0 spiro atoms. The molecule has 0 fully saturated rings. The Kier molecular flexibility index (Phi) is 9.79. The number of aromatic nitrogens is 1. The fourth-order valence-electron chi connectivity index (χ4n) is 1.46. The second-order valence-corrected chi connectivity index (χ2v) is 5.56. The molecule has 2 N–H and O–H groups in total. The molecule has 2 heterocycles. The van der Waals surface area contributed by atoms with Crippen molar-refractivity contribution in [2.45, 2.75) is 6.42 Å². The van der Waals surface area contributed by atoms with Crippen molar-refractivity contribution in [1.82, 2.24) is 15.6 Å². The third-order valence-corrected chi connectivity index (χ3v) is 4.25. The fraction of sp³-hybridized carbons (Fsp3) is 0.333. The SMILES string of the molecule is CNCCNC(=O)Cc1csc(-c2cccs2)n1.Cl.Cl. The molecule has 112 valence electrons. The normalized spacial score (nSPS) is 9.45. The summed E-state index contributed by atoms with van der Waals surface area (Å²) in [5, 5.41) is 10.8. The highest BCUT2D eigenvalue weighted by molar-refractivity contribution is 7.20. The average Bonchev–Trinajstić information content (AvgIpc) is 2.98. The number of thiophene rings is 1. The lowest BCUT2D eigenvalue weighted by Crippen LogP contribution is -2.31. The Morgan fingerprint density at radius 2 is 2.10 bits per heavy atom. The molecule has 0 aliphatic rings. The van der Waals surface area contributed by atoms with Crippen molar-refractivity contribution >= 4 is 53.4 Å². The van der Waals surface area contributed by atoms with E-state index in [0.29, 0.717) is 13.0 Å². The first-order valence-electron chi connectivity index (χ1n) is 5.69. The van der Waals surface area contributed by atoms with Gasteiger partial charge in [-0.25, -0.2) is 4.98 Å². The third kappa shape index (κ3) is 5.76. The molecular formula is C12H17Cl2N3OS2. The van der Waals surface area contributed by atoms with Gasteiger partial charge in [0.15, 0.2) is 0 Å². The molecule has 2 aromatic heterocycles. The maximum absolute atomic E-state index is 11.6. The number of hydrogen-bond acceptors (Lipinski definition) is 5. The topological polar surface area (TPSA) is 54.0 Å². The minimum atomic E-state index is 0. The van der Waals surface area contributed by atoms with Crippen molar-refractivity contribution < 1.29 is 4.79 Å². The highest BCUT2D eigenvalue weighted by Gasteiger charge is 2.08. The second-order valence-electron chi connectivity index (χ2n) is 3.75. The Morgan fingerprint density at radius 1 is 1.30 bits per heavy atom. The van der Waals surface area contributed by atoms with Gasteiger partial charge in [0.1, 0.15) is 5.01 Å². The van der Waals surface area contributed by atoms with Crippen molar-refractivity contribution in [1.29, 1.82) is 0 Å². The van der Waals surface area contributed by atoms with Gasteiger partial charge in [0.05, 0.1) is 17.0 Å². The van der Waals surface area contributed by atoms with Crippen LogP contribution in [-0.4, -0.2) is 31.0 Å². The summed E-state index contributed by atoms with van der Waals surface area (Å²) in [6.07, 6.45) is 0.353. The van der Waals surface area contributed by atoms with Gasteiger partial charge >= 0.3 is 0 Å². The van der Waals surface area contributed by atoms with Crippen molar-refractivity contribution in [3.05, 3.63) is 28.6 Å². The van der Waals surface area contributed by atoms with E-state index in [2.05, 4.69) is 15.6 Å². The molecule has 0 aliphatic heterocycles. The van der Waals surface area contributed by atoms with Crippen LogP contribution in [0, 0.1) is 0 Å². The molecular weight excluding hydrogens is 337 g/mol. The van der Waals surface area contributed by atoms with Crippen LogP contribution in [0.25, 0.3) is 9.88 Å². The number of amides is 1. The summed E-state index contributed by atoms with van der Waals surface area (Å²) >= 11 is 3.25. The predicted molar refractivity (Wildman–Crippen MR) is 90.6 cm³/mol. The second kappa shape index (κ2) is 10.1. The van der Waals surface area contributed by atoms with Crippen LogP contribution in [0.3, 0.4) is 0 Å². The lowest BCUT2D eigenvalue weighted by atomic mass is 10.3. The molecule has 0 saturated heterocycles. The lowest BCUT2D eigenvalue weighted by molar-refractivity contribution is -0.120. The first-order valence-corrected chi connectivity index (χ1v) is 7.45. The maximum atomic E-state index is 11.6. The molecule has 8 heteroatoms. The van der Waals surface area contributed by atoms with Gasteiger partial charge in [-0.15, -0.1) is 47.5 Å². The van der Waals surface area contributed by atoms with Crippen molar-refractivity contribution in [3.63, 3.8) is 0 Å². The number of carbonyl (C=O) groups excluding carboxylic acids is 1. The Labute approximate surface area is 138 Å². The first kappa shape index (κ1) is 19.3. The number of nitrogens with zero attached hydrogens (tertiary/aromatic N) is 1. The van der Waals surface area contributed by atoms with Crippen LogP contribution >= 0.6 is 47.5 Å². The third-order valence-electron chi connectivity index (χ3n) is 2.32. The summed E-state index contributed by atoms with van der Waals surface area (Å²) in [6, 6.07) is 4.05. The van der Waals surface area contributed by atoms with Gasteiger partial charge < -0.3 is 10.6 Å². The summed E-state index contributed by atoms with van der Waals surface area (Å²) in [5.41, 5.74) is 0.838. The number of carbonyl (C=O) groups is 1. The lowest BCUT2D eigenvalue weighted by Gasteiger charge is -2.02. The van der Waals surface area contributed by atoms with Crippen molar-refractivity contribution in [2.24, 2.45) is 0 Å². The number of nitrogens with one attached hydrogen (secondary N) is 2. The van der Waals surface area contributed by atoms with E-state index < -0.39 is 0 Å². The fourth-order valence-corrected chi connectivity index (χ4v) is 3.09. The quantitative estimate of drug-likeness (QED) is 0.784. The summed E-state index contributed by atoms with van der Waals surface area (Å²) in [4.78, 5) is 17.2. The number of halogens is 2. The van der Waals surface area contributed by atoms with E-state index in [0.717, 1.165) is 22.1 Å². The molecule has 0 aliphatic carbocycles. The van der Waals surface area contributed by atoms with Crippen molar-refractivity contribution in [3.8, 4) is 9.88 Å². The minimum Gasteiger partial charge on any atom is -0.354 e. The van der Waals surface area contributed by atoms with Gasteiger partial charge in [0.25, 0.3) is 0 Å². The predicted octanol–water partition coefficient (Wildman–Crippen LogP) is 2.59. The molecule has 4 nitrogen and oxygen atoms in total. The van der Waals surface area contributed by atoms with E-state index in [9.17, 15) is 4.79 Å². The molecule has 2 aromatic rings. The number of likely N-dealkylation sites (N-methyl/N-ethyl adjacent to an activating group) is 1. The monoisotopic (exact) mass is 353 g/mol. The zero-order valence-corrected chi connectivity index (χ0v) is 14.2. The van der Waals surface area contributed by atoms with Crippen molar-refractivity contribution in [2.75, 3.05) is 20.1 Å². The van der Waals surface area contributed by atoms with E-state index in [4.69, 9.17) is 0 Å². The Morgan fingerprint density at radius 3 is 2.75 bits per heavy atom. The molecule has 20 heavy (non-hydrogen) atoms. The molecule has 0 bridgehead atoms. The van der Waals surface area contributed by atoms with Gasteiger partial charge in [0, 0.05) is 18.5 Å². The number of rotatable bonds is 6. The Hall–Kier alpha value is -0.660. The highest BCUT2D eigenvalue weighted by Crippen LogP contribution is 2.27. The van der Waals surface area contributed by atoms with Crippen LogP contribution in [0.1, 0.15) is 5.69 Å². The van der Waals surface area contributed by atoms with Gasteiger partial charge in [-0.2, -0.15) is 0 Å². The summed E-state index contributed by atoms with van der Waals surface area (Å²) in [6.45, 7) is 1.43. The zero-order chi connectivity index (χ0) is 12.8. The molecule has 0 atom stereocenters. The maximum Gasteiger partial charge on any atom is 0.226 e. The number of thiazole rings is 1. The minimum absolute atomic E-state index is 0. The van der Waals surface area contributed by atoms with E-state index in [1.54, 1.807) is 22.7 Å². The highest BCUT2D eigenvalue weighted by atomic mass is 35.5. The van der Waals surface area contributed by atoms with Crippen LogP contribution in [0.4, 0.5) is 0 Å². The van der Waals surface area contributed by atoms with Gasteiger partial charge in [0.2, 0.25) is 5.91 Å². The molecule has 0 saturated carbocycles. The van der Waals surface area contributed by atoms with Crippen LogP contribution < -0.4 is 10.6 Å². The Balaban J connectivity index is 0.00000180. The molecule has 2 rings (SSSR count). The summed E-state index contributed by atoms with van der Waals surface area (Å²) < 4.78 is 0. The molecule has 1 amide bonds. The standard InChI is InChI=1S/C12H15N3OS2.2ClH/c1-13-4-5-14-11(16)7-9-8-18-12(15-9)10-3-2-6-17-10;;/h2-3,6,8,13H,4-5,7H2,1H3,(H,14,16);2*1H. The Bertz CT molecular complexity index is 503. The van der Waals surface area contributed by atoms with Crippen LogP contribution in [0.15, 0.2) is 22.9 Å². The van der Waals surface area contributed by atoms with Gasteiger partial charge in [-0.3, -0.25) is 4.79 Å². The van der Waals surface area contributed by atoms with Crippen LogP contribution in [0.2, 0.25) is 0 Å².